The zero-order valence-electron chi connectivity index (χ0n) is 10.5. The van der Waals surface area contributed by atoms with Gasteiger partial charge in [-0.15, -0.1) is 11.3 Å². The molecule has 0 atom stereocenters. The van der Waals surface area contributed by atoms with Gasteiger partial charge in [0.15, 0.2) is 0 Å². The highest BCUT2D eigenvalue weighted by molar-refractivity contribution is 7.07. The highest BCUT2D eigenvalue weighted by atomic mass is 32.1. The van der Waals surface area contributed by atoms with Crippen LogP contribution in [0.25, 0.3) is 12.3 Å². The average Bonchev–Trinajstić information content (AvgIpc) is 2.74. The van der Waals surface area contributed by atoms with Crippen LogP contribution in [-0.4, -0.2) is 4.57 Å². The summed E-state index contributed by atoms with van der Waals surface area (Å²) in [7, 11) is 0. The van der Waals surface area contributed by atoms with E-state index in [1.807, 2.05) is 43.3 Å². The van der Waals surface area contributed by atoms with Gasteiger partial charge in [0.05, 0.1) is 6.07 Å². The molecular weight excluding hydrogens is 258 g/mol. The summed E-state index contributed by atoms with van der Waals surface area (Å²) in [5, 5.41) is 11.8. The molecular formula is C14H13N3OS. The summed E-state index contributed by atoms with van der Waals surface area (Å²) >= 11 is 1.31. The van der Waals surface area contributed by atoms with Crippen molar-refractivity contribution in [2.75, 3.05) is 5.32 Å². The number of para-hydroxylation sites is 1. The van der Waals surface area contributed by atoms with Crippen LogP contribution in [0.2, 0.25) is 0 Å². The van der Waals surface area contributed by atoms with E-state index >= 15 is 0 Å². The second-order valence-corrected chi connectivity index (χ2v) is 4.84. The van der Waals surface area contributed by atoms with Gasteiger partial charge in [0.2, 0.25) is 0 Å². The lowest BCUT2D eigenvalue weighted by molar-refractivity contribution is 0.723. The van der Waals surface area contributed by atoms with Gasteiger partial charge in [0.25, 0.3) is 5.56 Å². The number of nitrogens with one attached hydrogen (secondary N) is 1. The predicted molar refractivity (Wildman–Crippen MR) is 78.1 cm³/mol. The Morgan fingerprint density at radius 3 is 2.79 bits per heavy atom. The first-order chi connectivity index (χ1) is 9.26. The van der Waals surface area contributed by atoms with Crippen LogP contribution in [0.4, 0.5) is 5.69 Å². The van der Waals surface area contributed by atoms with Gasteiger partial charge < -0.3 is 5.32 Å². The van der Waals surface area contributed by atoms with E-state index in [-0.39, 0.29) is 5.56 Å². The number of thiazole rings is 1. The minimum atomic E-state index is -0.0718. The fraction of sp³-hybridized carbons (Fsp3) is 0.143. The van der Waals surface area contributed by atoms with Gasteiger partial charge in [0, 0.05) is 24.5 Å². The van der Waals surface area contributed by atoms with E-state index in [4.69, 9.17) is 5.26 Å². The lowest BCUT2D eigenvalue weighted by atomic mass is 10.3. The number of benzene rings is 1. The predicted octanol–water partition coefficient (Wildman–Crippen LogP) is 1.08. The third-order valence-corrected chi connectivity index (χ3v) is 3.64. The molecule has 0 aliphatic heterocycles. The molecule has 0 aliphatic rings. The number of hydrogen-bond donors (Lipinski definition) is 1. The molecule has 0 saturated carbocycles. The van der Waals surface area contributed by atoms with Crippen molar-refractivity contribution in [3.63, 3.8) is 0 Å². The highest BCUT2D eigenvalue weighted by Gasteiger charge is 2.01. The Morgan fingerprint density at radius 1 is 1.42 bits per heavy atom. The number of nitrogens with zero attached hydrogens (tertiary/aromatic N) is 2. The lowest BCUT2D eigenvalue weighted by Gasteiger charge is -1.97. The van der Waals surface area contributed by atoms with Gasteiger partial charge in [-0.3, -0.25) is 9.36 Å². The standard InChI is InChI=1S/C14H13N3OS/c1-2-17-13(8-9-15)19-12(14(17)18)10-16-11-6-4-3-5-7-11/h3-8,10,16H,2H2,1H3/b12-10+,13-8+. The van der Waals surface area contributed by atoms with Crippen molar-refractivity contribution in [1.82, 2.24) is 4.57 Å². The molecule has 96 valence electrons. The molecule has 0 unspecified atom stereocenters. The molecule has 0 saturated heterocycles. The largest absolute Gasteiger partial charge is 0.360 e. The molecule has 1 aromatic carbocycles. The smallest absolute Gasteiger partial charge is 0.270 e. The summed E-state index contributed by atoms with van der Waals surface area (Å²) in [6.07, 6.45) is 3.08. The quantitative estimate of drug-likeness (QED) is 0.909. The van der Waals surface area contributed by atoms with Crippen molar-refractivity contribution >= 4 is 29.3 Å². The van der Waals surface area contributed by atoms with Crippen LogP contribution in [0.15, 0.2) is 35.1 Å². The van der Waals surface area contributed by atoms with Crippen LogP contribution >= 0.6 is 11.3 Å². The fourth-order valence-corrected chi connectivity index (χ4v) is 2.66. The Labute approximate surface area is 114 Å². The monoisotopic (exact) mass is 271 g/mol. The molecule has 2 aromatic rings. The van der Waals surface area contributed by atoms with Crippen LogP contribution in [0.3, 0.4) is 0 Å². The number of rotatable bonds is 3. The first kappa shape index (κ1) is 13.1. The fourth-order valence-electron chi connectivity index (χ4n) is 1.68. The zero-order chi connectivity index (χ0) is 13.7. The van der Waals surface area contributed by atoms with Crippen molar-refractivity contribution in [2.45, 2.75) is 13.5 Å². The van der Waals surface area contributed by atoms with Gasteiger partial charge in [-0.25, -0.2) is 0 Å². The number of aromatic nitrogens is 1. The van der Waals surface area contributed by atoms with Crippen LogP contribution in [0.5, 0.6) is 0 Å². The third kappa shape index (κ3) is 2.92. The number of hydrogen-bond acceptors (Lipinski definition) is 4. The molecule has 0 fully saturated rings. The second-order valence-electron chi connectivity index (χ2n) is 3.78. The first-order valence-electron chi connectivity index (χ1n) is 5.87. The molecule has 5 heteroatoms. The van der Waals surface area contributed by atoms with E-state index in [9.17, 15) is 4.79 Å². The Balaban J connectivity index is 2.45. The van der Waals surface area contributed by atoms with Crippen molar-refractivity contribution in [3.8, 4) is 6.07 Å². The van der Waals surface area contributed by atoms with E-state index in [0.29, 0.717) is 15.7 Å². The van der Waals surface area contributed by atoms with Gasteiger partial charge in [-0.2, -0.15) is 5.26 Å². The minimum Gasteiger partial charge on any atom is -0.360 e. The van der Waals surface area contributed by atoms with Crippen molar-refractivity contribution < 1.29 is 0 Å². The van der Waals surface area contributed by atoms with Crippen molar-refractivity contribution in [1.29, 1.82) is 5.26 Å². The van der Waals surface area contributed by atoms with Crippen LogP contribution in [0.1, 0.15) is 6.92 Å². The van der Waals surface area contributed by atoms with E-state index in [0.717, 1.165) is 5.69 Å². The molecule has 1 N–H and O–H groups in total. The zero-order valence-corrected chi connectivity index (χ0v) is 11.3. The molecule has 0 radical (unpaired) electrons. The molecule has 0 bridgehead atoms. The maximum atomic E-state index is 12.1. The summed E-state index contributed by atoms with van der Waals surface area (Å²) in [6.45, 7) is 2.44. The maximum Gasteiger partial charge on any atom is 0.270 e. The first-order valence-corrected chi connectivity index (χ1v) is 6.69. The molecule has 0 amide bonds. The minimum absolute atomic E-state index is 0.0718. The maximum absolute atomic E-state index is 12.1. The molecule has 19 heavy (non-hydrogen) atoms. The van der Waals surface area contributed by atoms with Gasteiger partial charge in [-0.1, -0.05) is 18.2 Å². The van der Waals surface area contributed by atoms with E-state index in [1.54, 1.807) is 10.8 Å². The molecule has 1 heterocycles. The van der Waals surface area contributed by atoms with Crippen LogP contribution in [0, 0.1) is 11.3 Å². The highest BCUT2D eigenvalue weighted by Crippen LogP contribution is 2.03. The van der Waals surface area contributed by atoms with E-state index in [1.165, 1.54) is 17.4 Å². The lowest BCUT2D eigenvalue weighted by Crippen LogP contribution is -2.31. The summed E-state index contributed by atoms with van der Waals surface area (Å²) in [6, 6.07) is 11.6. The van der Waals surface area contributed by atoms with Crippen molar-refractivity contribution in [2.24, 2.45) is 0 Å². The summed E-state index contributed by atoms with van der Waals surface area (Å²) in [4.78, 5) is 12.1. The van der Waals surface area contributed by atoms with Crippen molar-refractivity contribution in [3.05, 3.63) is 49.9 Å². The Morgan fingerprint density at radius 2 is 2.16 bits per heavy atom. The Hall–Kier alpha value is -2.32. The molecule has 4 nitrogen and oxygen atoms in total. The third-order valence-electron chi connectivity index (χ3n) is 2.58. The normalized spacial score (nSPS) is 12.4. The van der Waals surface area contributed by atoms with Crippen LogP contribution < -0.4 is 20.1 Å². The Kier molecular flexibility index (Phi) is 4.16. The van der Waals surface area contributed by atoms with Gasteiger partial charge in [0.1, 0.15) is 9.20 Å². The second kappa shape index (κ2) is 6.03. The average molecular weight is 271 g/mol. The van der Waals surface area contributed by atoms with Gasteiger partial charge in [-0.05, 0) is 19.1 Å². The SMILES string of the molecule is CCn1c(=O)/c(=C\Nc2ccccc2)s/c1=C/C#N. The van der Waals surface area contributed by atoms with E-state index < -0.39 is 0 Å². The Bertz CT molecular complexity index is 766. The topological polar surface area (TPSA) is 57.8 Å². The number of anilines is 1. The summed E-state index contributed by atoms with van der Waals surface area (Å²) in [5.74, 6) is 0. The molecule has 0 spiro atoms. The number of nitriles is 1. The molecule has 1 aromatic heterocycles. The summed E-state index contributed by atoms with van der Waals surface area (Å²) in [5.41, 5.74) is 0.849. The van der Waals surface area contributed by atoms with Gasteiger partial charge >= 0.3 is 0 Å². The molecule has 0 aliphatic carbocycles. The summed E-state index contributed by atoms with van der Waals surface area (Å²) < 4.78 is 2.86. The van der Waals surface area contributed by atoms with Crippen LogP contribution in [-0.2, 0) is 6.54 Å². The van der Waals surface area contributed by atoms with E-state index in [2.05, 4.69) is 5.32 Å². The molecule has 2 rings (SSSR count).